The average molecular weight is 422 g/mol. The summed E-state index contributed by atoms with van der Waals surface area (Å²) in [7, 11) is 0. The van der Waals surface area contributed by atoms with Crippen LogP contribution in [0.15, 0.2) is 66.7 Å². The highest BCUT2D eigenvalue weighted by atomic mass is 35.5. The molecule has 0 saturated heterocycles. The van der Waals surface area contributed by atoms with E-state index in [1.165, 1.54) is 24.3 Å². The van der Waals surface area contributed by atoms with Gasteiger partial charge in [-0.05, 0) is 55.0 Å². The third-order valence-electron chi connectivity index (χ3n) is 4.74. The van der Waals surface area contributed by atoms with Crippen molar-refractivity contribution in [1.82, 2.24) is 4.98 Å². The van der Waals surface area contributed by atoms with E-state index in [0.29, 0.717) is 28.4 Å². The Balaban J connectivity index is 1.76. The van der Waals surface area contributed by atoms with E-state index in [-0.39, 0.29) is 10.9 Å². The lowest BCUT2D eigenvalue weighted by atomic mass is 10.0. The van der Waals surface area contributed by atoms with Crippen molar-refractivity contribution in [3.63, 3.8) is 0 Å². The van der Waals surface area contributed by atoms with Gasteiger partial charge in [-0.15, -0.1) is 0 Å². The first kappa shape index (κ1) is 19.9. The number of ether oxygens (including phenoxy) is 1. The molecule has 30 heavy (non-hydrogen) atoms. The molecule has 0 unspecified atom stereocenters. The second kappa shape index (κ2) is 8.13. The molecule has 1 aromatic heterocycles. The average Bonchev–Trinajstić information content (AvgIpc) is 2.73. The third kappa shape index (κ3) is 3.84. The van der Waals surface area contributed by atoms with Crippen LogP contribution < -0.4 is 4.74 Å². The summed E-state index contributed by atoms with van der Waals surface area (Å²) in [5.74, 6) is -0.874. The Morgan fingerprint density at radius 2 is 1.77 bits per heavy atom. The van der Waals surface area contributed by atoms with E-state index >= 15 is 0 Å². The number of nitrogens with zero attached hydrogens (tertiary/aromatic N) is 1. The van der Waals surface area contributed by atoms with E-state index in [9.17, 15) is 14.3 Å². The topological polar surface area (TPSA) is 59.4 Å². The van der Waals surface area contributed by atoms with Crippen molar-refractivity contribution in [2.45, 2.75) is 6.92 Å². The molecule has 0 radical (unpaired) electrons. The van der Waals surface area contributed by atoms with E-state index in [1.54, 1.807) is 6.07 Å². The summed E-state index contributed by atoms with van der Waals surface area (Å²) >= 11 is 6.53. The van der Waals surface area contributed by atoms with Gasteiger partial charge in [0.25, 0.3) is 0 Å². The van der Waals surface area contributed by atoms with Crippen LogP contribution in [-0.2, 0) is 0 Å². The van der Waals surface area contributed by atoms with E-state index in [2.05, 4.69) is 4.98 Å². The number of carboxylic acids is 1. The molecule has 4 nitrogen and oxygen atoms in total. The fraction of sp³-hybridized carbons (Fsp3) is 0.0833. The number of benzene rings is 3. The lowest BCUT2D eigenvalue weighted by Crippen LogP contribution is -2.00. The van der Waals surface area contributed by atoms with Gasteiger partial charge in [0.1, 0.15) is 11.6 Å². The summed E-state index contributed by atoms with van der Waals surface area (Å²) in [6, 6.07) is 18.4. The first-order chi connectivity index (χ1) is 14.5. The maximum absolute atomic E-state index is 13.6. The zero-order chi connectivity index (χ0) is 21.3. The highest BCUT2D eigenvalue weighted by Crippen LogP contribution is 2.34. The van der Waals surface area contributed by atoms with Crippen LogP contribution in [0, 0.1) is 5.82 Å². The van der Waals surface area contributed by atoms with Crippen LogP contribution in [0.5, 0.6) is 5.75 Å². The Labute approximate surface area is 177 Å². The minimum Gasteiger partial charge on any atom is -0.494 e. The maximum Gasteiger partial charge on any atom is 0.336 e. The highest BCUT2D eigenvalue weighted by molar-refractivity contribution is 6.33. The van der Waals surface area contributed by atoms with Crippen molar-refractivity contribution in [3.05, 3.63) is 83.1 Å². The van der Waals surface area contributed by atoms with Crippen molar-refractivity contribution in [3.8, 4) is 28.1 Å². The molecule has 150 valence electrons. The smallest absolute Gasteiger partial charge is 0.336 e. The van der Waals surface area contributed by atoms with Gasteiger partial charge in [-0.1, -0.05) is 35.9 Å². The number of fused-ring (bicyclic) bond motifs is 1. The number of carbonyl (C=O) groups is 1. The van der Waals surface area contributed by atoms with Gasteiger partial charge in [0, 0.05) is 21.5 Å². The fourth-order valence-electron chi connectivity index (χ4n) is 3.33. The van der Waals surface area contributed by atoms with Gasteiger partial charge in [0.2, 0.25) is 0 Å². The zero-order valence-electron chi connectivity index (χ0n) is 16.0. The predicted molar refractivity (Wildman–Crippen MR) is 116 cm³/mol. The Bertz CT molecular complexity index is 1260. The minimum atomic E-state index is -1.15. The summed E-state index contributed by atoms with van der Waals surface area (Å²) in [5, 5.41) is 10.3. The molecule has 6 heteroatoms. The summed E-state index contributed by atoms with van der Waals surface area (Å²) < 4.78 is 19.0. The molecule has 0 fully saturated rings. The van der Waals surface area contributed by atoms with E-state index < -0.39 is 11.8 Å². The van der Waals surface area contributed by atoms with Gasteiger partial charge < -0.3 is 9.84 Å². The van der Waals surface area contributed by atoms with Crippen LogP contribution in [0.2, 0.25) is 5.02 Å². The van der Waals surface area contributed by atoms with Crippen molar-refractivity contribution in [1.29, 1.82) is 0 Å². The number of halogens is 2. The minimum absolute atomic E-state index is 0.0128. The third-order valence-corrected chi connectivity index (χ3v) is 5.06. The Hall–Kier alpha value is -3.44. The predicted octanol–water partition coefficient (Wildman–Crippen LogP) is 6.46. The first-order valence-corrected chi connectivity index (χ1v) is 9.71. The van der Waals surface area contributed by atoms with Crippen LogP contribution in [0.3, 0.4) is 0 Å². The molecule has 0 amide bonds. The number of rotatable bonds is 5. The first-order valence-electron chi connectivity index (χ1n) is 9.33. The molecule has 0 saturated carbocycles. The summed E-state index contributed by atoms with van der Waals surface area (Å²) in [6.07, 6.45) is 0. The molecular weight excluding hydrogens is 405 g/mol. The van der Waals surface area contributed by atoms with Crippen LogP contribution in [0.1, 0.15) is 17.3 Å². The van der Waals surface area contributed by atoms with Crippen molar-refractivity contribution >= 4 is 28.5 Å². The molecule has 0 aliphatic carbocycles. The van der Waals surface area contributed by atoms with E-state index in [0.717, 1.165) is 16.9 Å². The highest BCUT2D eigenvalue weighted by Gasteiger charge is 2.15. The molecule has 4 rings (SSSR count). The lowest BCUT2D eigenvalue weighted by Gasteiger charge is -2.11. The molecule has 0 aliphatic heterocycles. The molecule has 1 heterocycles. The summed E-state index contributed by atoms with van der Waals surface area (Å²) in [6.45, 7) is 2.52. The number of hydrogen-bond acceptors (Lipinski definition) is 3. The van der Waals surface area contributed by atoms with E-state index in [1.807, 2.05) is 43.3 Å². The molecule has 3 aromatic carbocycles. The van der Waals surface area contributed by atoms with Gasteiger partial charge in [-0.2, -0.15) is 0 Å². The van der Waals surface area contributed by atoms with Crippen LogP contribution in [-0.4, -0.2) is 22.7 Å². The van der Waals surface area contributed by atoms with Gasteiger partial charge in [0.05, 0.1) is 23.4 Å². The van der Waals surface area contributed by atoms with E-state index in [4.69, 9.17) is 16.3 Å². The molecule has 0 aliphatic rings. The molecule has 0 atom stereocenters. The molecule has 0 spiro atoms. The van der Waals surface area contributed by atoms with Crippen molar-refractivity contribution in [2.24, 2.45) is 0 Å². The SMILES string of the molecule is CCOc1ccc(-c2ccc(-c3cc(C(=O)O)c4cc(F)ccc4n3)cc2Cl)cc1. The van der Waals surface area contributed by atoms with Crippen molar-refractivity contribution in [2.75, 3.05) is 6.61 Å². The Morgan fingerprint density at radius 1 is 1.03 bits per heavy atom. The number of aromatic carboxylic acids is 1. The normalized spacial score (nSPS) is 10.9. The zero-order valence-corrected chi connectivity index (χ0v) is 16.8. The van der Waals surface area contributed by atoms with Gasteiger partial charge in [0.15, 0.2) is 0 Å². The second-order valence-corrected chi connectivity index (χ2v) is 7.08. The molecule has 1 N–H and O–H groups in total. The second-order valence-electron chi connectivity index (χ2n) is 6.67. The number of hydrogen-bond donors (Lipinski definition) is 1. The molecule has 4 aromatic rings. The van der Waals surface area contributed by atoms with Crippen LogP contribution in [0.4, 0.5) is 4.39 Å². The monoisotopic (exact) mass is 421 g/mol. The molecule has 0 bridgehead atoms. The van der Waals surface area contributed by atoms with Crippen molar-refractivity contribution < 1.29 is 19.0 Å². The molecular formula is C24H17ClFNO3. The summed E-state index contributed by atoms with van der Waals surface area (Å²) in [4.78, 5) is 16.2. The number of pyridine rings is 1. The lowest BCUT2D eigenvalue weighted by molar-refractivity contribution is 0.0699. The van der Waals surface area contributed by atoms with Gasteiger partial charge in [-0.25, -0.2) is 14.2 Å². The van der Waals surface area contributed by atoms with Gasteiger partial charge >= 0.3 is 5.97 Å². The summed E-state index contributed by atoms with van der Waals surface area (Å²) in [5.41, 5.74) is 3.28. The van der Waals surface area contributed by atoms with Crippen LogP contribution in [0.25, 0.3) is 33.3 Å². The largest absolute Gasteiger partial charge is 0.494 e. The Kier molecular flexibility index (Phi) is 5.38. The standard InChI is InChI=1S/C24H17ClFNO3/c1-2-30-17-7-3-14(4-8-17)18-9-5-15(11-21(18)25)23-13-20(24(28)29)19-12-16(26)6-10-22(19)27-23/h3-13H,2H2,1H3,(H,28,29). The van der Waals surface area contributed by atoms with Gasteiger partial charge in [-0.3, -0.25) is 0 Å². The quantitative estimate of drug-likeness (QED) is 0.402. The van der Waals surface area contributed by atoms with Crippen LogP contribution >= 0.6 is 11.6 Å². The Morgan fingerprint density at radius 3 is 2.43 bits per heavy atom. The number of aromatic nitrogens is 1. The number of carboxylic acid groups (broad SMARTS) is 1. The fourth-order valence-corrected chi connectivity index (χ4v) is 3.62. The maximum atomic E-state index is 13.6.